The summed E-state index contributed by atoms with van der Waals surface area (Å²) in [5, 5.41) is 27.4. The summed E-state index contributed by atoms with van der Waals surface area (Å²) >= 11 is 5.41. The number of anilines is 1. The number of amides is 2. The molecule has 1 aromatic rings. The molecule has 2 fully saturated rings. The highest BCUT2D eigenvalue weighted by Gasteiger charge is 2.54. The second-order valence-electron chi connectivity index (χ2n) is 8.34. The lowest BCUT2D eigenvalue weighted by molar-refractivity contribution is -0.855. The number of oxime groups is 1. The highest BCUT2D eigenvalue weighted by atomic mass is 32.2. The van der Waals surface area contributed by atoms with Gasteiger partial charge < -0.3 is 26.2 Å². The van der Waals surface area contributed by atoms with Crippen LogP contribution in [0.2, 0.25) is 0 Å². The van der Waals surface area contributed by atoms with Crippen molar-refractivity contribution in [2.75, 3.05) is 43.9 Å². The molecule has 2 amide bonds. The maximum Gasteiger partial charge on any atom is 0.278 e. The normalized spacial score (nSPS) is 30.4. The van der Waals surface area contributed by atoms with E-state index in [-0.39, 0.29) is 21.9 Å². The molecule has 4 aliphatic heterocycles. The fraction of sp³-hybridized carbons (Fsp3) is 0.500. The molecule has 2 atom stereocenters. The third-order valence-electron chi connectivity index (χ3n) is 5.94. The summed E-state index contributed by atoms with van der Waals surface area (Å²) in [7, 11) is 2.12. The molecule has 2 saturated heterocycles. The first-order valence-corrected chi connectivity index (χ1v) is 14.1. The maximum absolute atomic E-state index is 12.9. The van der Waals surface area contributed by atoms with E-state index in [1.807, 2.05) is 0 Å². The number of carboxylic acids is 1. The zero-order valence-corrected chi connectivity index (χ0v) is 21.5. The van der Waals surface area contributed by atoms with Crippen molar-refractivity contribution in [2.24, 2.45) is 10.1 Å². The smallest absolute Gasteiger partial charge is 0.278 e. The Hall–Kier alpha value is -2.34. The van der Waals surface area contributed by atoms with Gasteiger partial charge in [0.15, 0.2) is 5.13 Å². The van der Waals surface area contributed by atoms with E-state index in [0.29, 0.717) is 10.7 Å². The lowest BCUT2D eigenvalue weighted by Gasteiger charge is -2.51. The van der Waals surface area contributed by atoms with Crippen LogP contribution >= 0.6 is 46.8 Å². The number of aliphatic imine (C=N–C) groups is 1. The van der Waals surface area contributed by atoms with Crippen LogP contribution in [-0.2, 0) is 14.4 Å². The number of hydrogen-bond donors (Lipinski definition) is 3. The number of hydrogen-bond acceptors (Lipinski definition) is 14. The van der Waals surface area contributed by atoms with Crippen LogP contribution in [0.25, 0.3) is 0 Å². The summed E-state index contributed by atoms with van der Waals surface area (Å²) in [5.74, 6) is -1.69. The molecular weight excluding hydrogens is 537 g/mol. The van der Waals surface area contributed by atoms with Crippen molar-refractivity contribution in [3.63, 3.8) is 0 Å². The van der Waals surface area contributed by atoms with E-state index in [0.717, 1.165) is 51.5 Å². The third kappa shape index (κ3) is 4.28. The van der Waals surface area contributed by atoms with E-state index in [4.69, 9.17) is 5.73 Å². The van der Waals surface area contributed by atoms with Gasteiger partial charge in [-0.3, -0.25) is 19.0 Å². The molecule has 0 aliphatic carbocycles. The number of β-lactam (4-membered cyclic amide) rings is 1. The van der Waals surface area contributed by atoms with Crippen molar-refractivity contribution < 1.29 is 29.2 Å². The Kier molecular flexibility index (Phi) is 6.45. The van der Waals surface area contributed by atoms with Crippen LogP contribution in [0.5, 0.6) is 0 Å². The van der Waals surface area contributed by atoms with E-state index < -0.39 is 34.9 Å². The van der Waals surface area contributed by atoms with Gasteiger partial charge >= 0.3 is 0 Å². The van der Waals surface area contributed by atoms with E-state index in [9.17, 15) is 24.7 Å². The summed E-state index contributed by atoms with van der Waals surface area (Å²) in [5.41, 5.74) is 4.87. The Morgan fingerprint density at radius 1 is 1.40 bits per heavy atom. The Morgan fingerprint density at radius 2 is 2.17 bits per heavy atom. The Bertz CT molecular complexity index is 1190. The first-order valence-electron chi connectivity index (χ1n) is 10.4. The molecule has 0 saturated carbocycles. The number of aliphatic carboxylic acids is 1. The topological polar surface area (TPSA) is 186 Å². The van der Waals surface area contributed by atoms with Crippen LogP contribution in [-0.4, -0.2) is 107 Å². The van der Waals surface area contributed by atoms with Crippen molar-refractivity contribution in [3.8, 4) is 0 Å². The molecule has 0 radical (unpaired) electrons. The molecule has 4 aliphatic rings. The minimum atomic E-state index is -1.43. The number of nitrogens with zero attached hydrogens (tertiary/aromatic N) is 6. The number of aromatic nitrogens is 2. The van der Waals surface area contributed by atoms with Crippen molar-refractivity contribution >= 4 is 80.6 Å². The average Bonchev–Trinajstić information content (AvgIpc) is 3.49. The minimum absolute atomic E-state index is 0.0806. The van der Waals surface area contributed by atoms with Crippen LogP contribution in [0, 0.1) is 0 Å². The van der Waals surface area contributed by atoms with Crippen LogP contribution in [0.1, 0.15) is 5.82 Å². The number of fused-ring (bicyclic) bond motifs is 1. The van der Waals surface area contributed by atoms with Gasteiger partial charge in [0, 0.05) is 27.9 Å². The number of amidine groups is 1. The average molecular weight is 557 g/mol. The summed E-state index contributed by atoms with van der Waals surface area (Å²) < 4.78 is 4.58. The van der Waals surface area contributed by atoms with E-state index in [1.165, 1.54) is 23.5 Å². The third-order valence-corrected chi connectivity index (χ3v) is 10.4. The van der Waals surface area contributed by atoms with Crippen molar-refractivity contribution in [3.05, 3.63) is 16.4 Å². The zero-order valence-electron chi connectivity index (χ0n) is 18.2. The van der Waals surface area contributed by atoms with Crippen molar-refractivity contribution in [1.29, 1.82) is 0 Å². The van der Waals surface area contributed by atoms with Crippen molar-refractivity contribution in [1.82, 2.24) is 19.6 Å². The molecule has 5 rings (SSSR count). The van der Waals surface area contributed by atoms with Gasteiger partial charge in [-0.15, -0.1) is 23.5 Å². The van der Waals surface area contributed by atoms with Crippen molar-refractivity contribution in [2.45, 2.75) is 16.7 Å². The number of quaternary nitrogens is 1. The second-order valence-corrected chi connectivity index (χ2v) is 12.7. The molecule has 186 valence electrons. The van der Waals surface area contributed by atoms with Gasteiger partial charge in [-0.25, -0.2) is 4.99 Å². The molecule has 0 spiro atoms. The van der Waals surface area contributed by atoms with E-state index in [1.54, 1.807) is 11.8 Å². The second kappa shape index (κ2) is 9.27. The largest absolute Gasteiger partial charge is 0.543 e. The number of rotatable bonds is 6. The fourth-order valence-corrected chi connectivity index (χ4v) is 8.95. The number of thioether (sulfide) groups is 3. The fourth-order valence-electron chi connectivity index (χ4n) is 4.33. The van der Waals surface area contributed by atoms with Gasteiger partial charge in [0.2, 0.25) is 11.5 Å². The quantitative estimate of drug-likeness (QED) is 0.119. The number of nitrogens with one attached hydrogen (secondary N) is 1. The molecule has 13 nitrogen and oxygen atoms in total. The number of carbonyl (C=O) groups is 3. The predicted octanol–water partition coefficient (Wildman–Crippen LogP) is -1.68. The van der Waals surface area contributed by atoms with Crippen LogP contribution < -0.4 is 16.2 Å². The Morgan fingerprint density at radius 3 is 2.77 bits per heavy atom. The highest BCUT2D eigenvalue weighted by molar-refractivity contribution is 8.13. The molecule has 35 heavy (non-hydrogen) atoms. The number of nitrogen functional groups attached to an aromatic ring is 1. The number of nitrogens with two attached hydrogens (primary N) is 1. The van der Waals surface area contributed by atoms with Gasteiger partial charge in [-0.05, 0) is 11.8 Å². The Labute approximate surface area is 216 Å². The van der Waals surface area contributed by atoms with E-state index >= 15 is 0 Å². The van der Waals surface area contributed by atoms with Crippen LogP contribution in [0.15, 0.2) is 20.8 Å². The molecule has 5 heterocycles. The molecule has 1 aromatic heterocycles. The van der Waals surface area contributed by atoms with Crippen LogP contribution in [0.4, 0.5) is 5.13 Å². The zero-order chi connectivity index (χ0) is 24.9. The van der Waals surface area contributed by atoms with E-state index in [2.05, 4.69) is 31.9 Å². The van der Waals surface area contributed by atoms with Gasteiger partial charge in [0.05, 0.1) is 25.3 Å². The van der Waals surface area contributed by atoms with Gasteiger partial charge in [0.1, 0.15) is 29.8 Å². The summed E-state index contributed by atoms with van der Waals surface area (Å²) in [4.78, 5) is 47.6. The number of carboxylic acid groups (broad SMARTS) is 1. The molecule has 17 heteroatoms. The lowest BCUT2D eigenvalue weighted by Crippen LogP contribution is -2.71. The minimum Gasteiger partial charge on any atom is -0.543 e. The monoisotopic (exact) mass is 556 g/mol. The molecular formula is C18H20N8O5S4. The lowest BCUT2D eigenvalue weighted by atomic mass is 10.0. The summed E-state index contributed by atoms with van der Waals surface area (Å²) in [6.45, 7) is 2.50. The van der Waals surface area contributed by atoms with Gasteiger partial charge in [0.25, 0.3) is 17.0 Å². The van der Waals surface area contributed by atoms with Crippen LogP contribution in [0.3, 0.4) is 0 Å². The summed E-state index contributed by atoms with van der Waals surface area (Å²) in [6.07, 6.45) is 0. The molecule has 0 bridgehead atoms. The number of likely N-dealkylation sites (tertiary alicyclic amines) is 1. The Balaban J connectivity index is 1.26. The first kappa shape index (κ1) is 24.4. The molecule has 4 N–H and O–H groups in total. The predicted molar refractivity (Wildman–Crippen MR) is 132 cm³/mol. The molecule has 0 aromatic carbocycles. The standard InChI is InChI=1S/C18H20N8O5S4/c1-26(18-20-2-3-32-18)4-7(5-26)34-8-6-33-15-10(14(28)25(15)11(8)16(29)30)21-13(27)9(23-31)12-22-17(19)35-24-12/h7,10,15H,2-6H2,1H3,(H4-,19,21,22,24,27,29,30,31)/t7?,10-,15-,26?/m1/s1. The SMILES string of the molecule is C[N+]1(C2=NCCS2)CC(SC2=C(C(=O)[O-])N3C(=O)[C@@H](NC(=O)/C(=N\O)c4nsc(N)n4)[C@H]3SC2)C1. The number of carbonyl (C=O) groups excluding carboxylic acids is 3. The summed E-state index contributed by atoms with van der Waals surface area (Å²) in [6, 6.07) is -0.998. The highest BCUT2D eigenvalue weighted by Crippen LogP contribution is 2.46. The first-order chi connectivity index (χ1) is 16.7. The molecule has 0 unspecified atom stereocenters. The van der Waals surface area contributed by atoms with Gasteiger partial charge in [-0.1, -0.05) is 5.16 Å². The maximum atomic E-state index is 12.9. The van der Waals surface area contributed by atoms with Gasteiger partial charge in [-0.2, -0.15) is 9.36 Å².